The van der Waals surface area contributed by atoms with Crippen LogP contribution in [0.3, 0.4) is 0 Å². The monoisotopic (exact) mass is 251 g/mol. The number of nitrogens with zero attached hydrogens (tertiary/aromatic N) is 2. The predicted octanol–water partition coefficient (Wildman–Crippen LogP) is 1.49. The molecule has 2 heterocycles. The Hall–Kier alpha value is -1.66. The first-order chi connectivity index (χ1) is 8.24. The van der Waals surface area contributed by atoms with Crippen LogP contribution in [0.4, 0.5) is 0 Å². The van der Waals surface area contributed by atoms with Gasteiger partial charge >= 0.3 is 0 Å². The zero-order chi connectivity index (χ0) is 12.3. The van der Waals surface area contributed by atoms with E-state index in [-0.39, 0.29) is 6.61 Å². The van der Waals surface area contributed by atoms with Gasteiger partial charge in [0.05, 0.1) is 26.0 Å². The van der Waals surface area contributed by atoms with Crippen LogP contribution in [-0.4, -0.2) is 26.8 Å². The Balaban J connectivity index is 2.24. The van der Waals surface area contributed by atoms with Crippen LogP contribution in [-0.2, 0) is 13.2 Å². The summed E-state index contributed by atoms with van der Waals surface area (Å²) in [5.74, 6) is 0.578. The van der Waals surface area contributed by atoms with Gasteiger partial charge in [-0.25, -0.2) is 4.98 Å². The quantitative estimate of drug-likeness (QED) is 0.808. The number of methoxy groups -OCH3 is 1. The maximum atomic E-state index is 9.17. The van der Waals surface area contributed by atoms with Crippen molar-refractivity contribution in [3.05, 3.63) is 40.6 Å². The number of aliphatic hydroxyl groups is 1. The van der Waals surface area contributed by atoms with Crippen LogP contribution in [0, 0.1) is 4.77 Å². The van der Waals surface area contributed by atoms with Gasteiger partial charge in [0.1, 0.15) is 0 Å². The third-order valence-electron chi connectivity index (χ3n) is 2.46. The lowest BCUT2D eigenvalue weighted by Crippen LogP contribution is -2.05. The summed E-state index contributed by atoms with van der Waals surface area (Å²) in [5, 5.41) is 9.17. The van der Waals surface area contributed by atoms with E-state index >= 15 is 0 Å². The molecule has 2 aromatic rings. The highest BCUT2D eigenvalue weighted by Crippen LogP contribution is 2.10. The third-order valence-corrected chi connectivity index (χ3v) is 2.80. The minimum atomic E-state index is -0.0449. The Labute approximate surface area is 104 Å². The van der Waals surface area contributed by atoms with E-state index in [1.807, 2.05) is 10.6 Å². The Morgan fingerprint density at radius 1 is 1.53 bits per heavy atom. The normalized spacial score (nSPS) is 10.5. The molecule has 90 valence electrons. The number of aliphatic hydroxyl groups excluding tert-OH is 1. The second-order valence-corrected chi connectivity index (χ2v) is 3.92. The number of hydrogen-bond donors (Lipinski definition) is 2. The number of pyridine rings is 1. The van der Waals surface area contributed by atoms with E-state index < -0.39 is 0 Å². The van der Waals surface area contributed by atoms with E-state index in [0.29, 0.717) is 17.2 Å². The average Bonchev–Trinajstić information content (AvgIpc) is 2.71. The third kappa shape index (κ3) is 2.54. The van der Waals surface area contributed by atoms with E-state index in [1.165, 1.54) is 0 Å². The van der Waals surface area contributed by atoms with Crippen LogP contribution >= 0.6 is 12.2 Å². The first-order valence-corrected chi connectivity index (χ1v) is 5.52. The van der Waals surface area contributed by atoms with E-state index in [1.54, 1.807) is 25.6 Å². The number of aromatic amines is 1. The molecule has 0 aliphatic carbocycles. The summed E-state index contributed by atoms with van der Waals surface area (Å²) in [6.07, 6.45) is 3.44. The summed E-state index contributed by atoms with van der Waals surface area (Å²) in [5.41, 5.74) is 1.75. The molecule has 0 radical (unpaired) electrons. The van der Waals surface area contributed by atoms with Crippen molar-refractivity contribution in [3.63, 3.8) is 0 Å². The van der Waals surface area contributed by atoms with Crippen molar-refractivity contribution in [1.29, 1.82) is 0 Å². The zero-order valence-corrected chi connectivity index (χ0v) is 10.2. The molecular weight excluding hydrogens is 238 g/mol. The van der Waals surface area contributed by atoms with Crippen molar-refractivity contribution in [1.82, 2.24) is 14.5 Å². The van der Waals surface area contributed by atoms with E-state index in [9.17, 15) is 0 Å². The predicted molar refractivity (Wildman–Crippen MR) is 65.4 cm³/mol. The van der Waals surface area contributed by atoms with Crippen LogP contribution in [0.1, 0.15) is 11.3 Å². The Bertz CT molecular complexity index is 545. The molecular formula is C11H13N3O2S. The first kappa shape index (κ1) is 11.8. The standard InChI is InChI=1S/C11H13N3O2S/c1-16-10-3-2-8(4-12-10)6-14-9(7-15)5-13-11(14)17/h2-5,15H,6-7H2,1H3,(H,13,17). The maximum absolute atomic E-state index is 9.17. The zero-order valence-electron chi connectivity index (χ0n) is 9.38. The lowest BCUT2D eigenvalue weighted by molar-refractivity contribution is 0.271. The molecule has 0 saturated heterocycles. The van der Waals surface area contributed by atoms with Gasteiger partial charge in [-0.1, -0.05) is 6.07 Å². The van der Waals surface area contributed by atoms with Gasteiger partial charge < -0.3 is 19.4 Å². The average molecular weight is 251 g/mol. The fraction of sp³-hybridized carbons (Fsp3) is 0.273. The molecule has 17 heavy (non-hydrogen) atoms. The number of aromatic nitrogens is 3. The molecule has 2 aromatic heterocycles. The van der Waals surface area contributed by atoms with Gasteiger partial charge in [-0.15, -0.1) is 0 Å². The molecule has 5 nitrogen and oxygen atoms in total. The van der Waals surface area contributed by atoms with Crippen LogP contribution in [0.2, 0.25) is 0 Å². The second-order valence-electron chi connectivity index (χ2n) is 3.54. The topological polar surface area (TPSA) is 63.1 Å². The molecule has 2 rings (SSSR count). The fourth-order valence-corrected chi connectivity index (χ4v) is 1.78. The number of imidazole rings is 1. The van der Waals surface area contributed by atoms with Gasteiger partial charge in [-0.3, -0.25) is 0 Å². The molecule has 0 fully saturated rings. The largest absolute Gasteiger partial charge is 0.481 e. The summed E-state index contributed by atoms with van der Waals surface area (Å²) >= 11 is 5.14. The highest BCUT2D eigenvalue weighted by molar-refractivity contribution is 7.71. The summed E-state index contributed by atoms with van der Waals surface area (Å²) in [7, 11) is 1.58. The van der Waals surface area contributed by atoms with Crippen molar-refractivity contribution in [2.45, 2.75) is 13.2 Å². The van der Waals surface area contributed by atoms with Gasteiger partial charge in [0, 0.05) is 18.5 Å². The number of rotatable bonds is 4. The van der Waals surface area contributed by atoms with Crippen LogP contribution in [0.5, 0.6) is 5.88 Å². The highest BCUT2D eigenvalue weighted by Gasteiger charge is 2.04. The molecule has 6 heteroatoms. The van der Waals surface area contributed by atoms with E-state index in [2.05, 4.69) is 9.97 Å². The van der Waals surface area contributed by atoms with Crippen molar-refractivity contribution in [2.75, 3.05) is 7.11 Å². The van der Waals surface area contributed by atoms with Crippen LogP contribution < -0.4 is 4.74 Å². The highest BCUT2D eigenvalue weighted by atomic mass is 32.1. The van der Waals surface area contributed by atoms with Gasteiger partial charge in [0.25, 0.3) is 0 Å². The van der Waals surface area contributed by atoms with Crippen molar-refractivity contribution in [2.24, 2.45) is 0 Å². The lowest BCUT2D eigenvalue weighted by atomic mass is 10.3. The van der Waals surface area contributed by atoms with Crippen LogP contribution in [0.25, 0.3) is 0 Å². The number of ether oxygens (including phenoxy) is 1. The maximum Gasteiger partial charge on any atom is 0.212 e. The molecule has 0 saturated carbocycles. The fourth-order valence-electron chi connectivity index (χ4n) is 1.54. The summed E-state index contributed by atoms with van der Waals surface area (Å²) in [6.45, 7) is 0.534. The lowest BCUT2D eigenvalue weighted by Gasteiger charge is -2.06. The molecule has 0 aliphatic rings. The molecule has 0 aromatic carbocycles. The van der Waals surface area contributed by atoms with Crippen LogP contribution in [0.15, 0.2) is 24.5 Å². The Kier molecular flexibility index (Phi) is 3.55. The van der Waals surface area contributed by atoms with Gasteiger partial charge in [0.2, 0.25) is 5.88 Å². The minimum absolute atomic E-state index is 0.0449. The van der Waals surface area contributed by atoms with Crippen molar-refractivity contribution in [3.8, 4) is 5.88 Å². The van der Waals surface area contributed by atoms with Gasteiger partial charge in [-0.2, -0.15) is 0 Å². The molecule has 2 N–H and O–H groups in total. The number of H-pyrrole nitrogens is 1. The second kappa shape index (κ2) is 5.11. The summed E-state index contributed by atoms with van der Waals surface area (Å²) in [4.78, 5) is 7.02. The summed E-state index contributed by atoms with van der Waals surface area (Å²) < 4.78 is 7.41. The summed E-state index contributed by atoms with van der Waals surface area (Å²) in [6, 6.07) is 3.71. The van der Waals surface area contributed by atoms with Gasteiger partial charge in [-0.05, 0) is 17.8 Å². The first-order valence-electron chi connectivity index (χ1n) is 5.11. The molecule has 0 unspecified atom stereocenters. The molecule has 0 aliphatic heterocycles. The van der Waals surface area contributed by atoms with E-state index in [0.717, 1.165) is 11.3 Å². The number of hydrogen-bond acceptors (Lipinski definition) is 4. The van der Waals surface area contributed by atoms with E-state index in [4.69, 9.17) is 22.1 Å². The molecule has 0 atom stereocenters. The minimum Gasteiger partial charge on any atom is -0.481 e. The van der Waals surface area contributed by atoms with Gasteiger partial charge in [0.15, 0.2) is 4.77 Å². The smallest absolute Gasteiger partial charge is 0.212 e. The molecule has 0 spiro atoms. The van der Waals surface area contributed by atoms with Crippen molar-refractivity contribution < 1.29 is 9.84 Å². The molecule has 0 bridgehead atoms. The van der Waals surface area contributed by atoms with Crippen molar-refractivity contribution >= 4 is 12.2 Å². The number of nitrogens with one attached hydrogen (secondary N) is 1. The molecule has 0 amide bonds. The Morgan fingerprint density at radius 2 is 2.35 bits per heavy atom. The Morgan fingerprint density at radius 3 is 2.94 bits per heavy atom. The SMILES string of the molecule is COc1ccc(Cn2c(CO)c[nH]c2=S)cn1.